The number of carboxylic acids is 1. The number of hydrogen-bond acceptors (Lipinski definition) is 3. The highest BCUT2D eigenvalue weighted by Gasteiger charge is 2.31. The SMILES string of the molecule is O=C(O)c1ccc(NC(=O)C(Cl)(Cl)Cl)c(O)c1. The van der Waals surface area contributed by atoms with Crippen molar-refractivity contribution in [2.24, 2.45) is 0 Å². The molecule has 0 heterocycles. The van der Waals surface area contributed by atoms with Crippen molar-refractivity contribution in [3.8, 4) is 5.75 Å². The van der Waals surface area contributed by atoms with E-state index in [0.29, 0.717) is 0 Å². The number of amides is 1. The van der Waals surface area contributed by atoms with Gasteiger partial charge in [-0.1, -0.05) is 34.8 Å². The first-order valence-corrected chi connectivity index (χ1v) is 5.29. The van der Waals surface area contributed by atoms with Gasteiger partial charge in [0.25, 0.3) is 9.70 Å². The molecule has 1 amide bonds. The van der Waals surface area contributed by atoms with Crippen LogP contribution < -0.4 is 5.32 Å². The number of anilines is 1. The maximum Gasteiger partial charge on any atom is 0.335 e. The number of rotatable bonds is 2. The van der Waals surface area contributed by atoms with Crippen LogP contribution in [0.4, 0.5) is 5.69 Å². The number of alkyl halides is 3. The lowest BCUT2D eigenvalue weighted by molar-refractivity contribution is -0.115. The summed E-state index contributed by atoms with van der Waals surface area (Å²) in [6, 6.07) is 3.35. The molecule has 1 aromatic carbocycles. The first-order valence-electron chi connectivity index (χ1n) is 4.16. The lowest BCUT2D eigenvalue weighted by Gasteiger charge is -2.12. The van der Waals surface area contributed by atoms with Crippen LogP contribution in [0.15, 0.2) is 18.2 Å². The van der Waals surface area contributed by atoms with E-state index in [4.69, 9.17) is 39.9 Å². The van der Waals surface area contributed by atoms with Crippen molar-refractivity contribution in [3.63, 3.8) is 0 Å². The summed E-state index contributed by atoms with van der Waals surface area (Å²) in [4.78, 5) is 21.9. The Hall–Kier alpha value is -1.17. The Bertz CT molecular complexity index is 470. The third kappa shape index (κ3) is 3.66. The number of hydrogen-bond donors (Lipinski definition) is 3. The molecule has 0 fully saturated rings. The molecule has 0 aliphatic rings. The minimum atomic E-state index is -2.17. The quantitative estimate of drug-likeness (QED) is 0.578. The van der Waals surface area contributed by atoms with Gasteiger partial charge in [0.15, 0.2) is 0 Å². The maximum absolute atomic E-state index is 11.3. The third-order valence-corrected chi connectivity index (χ3v) is 2.27. The van der Waals surface area contributed by atoms with Gasteiger partial charge < -0.3 is 15.5 Å². The standard InChI is InChI=1S/C9H6Cl3NO4/c10-9(11,12)8(17)13-5-2-1-4(7(15)16)3-6(5)14/h1-3,14H,(H,13,17)(H,15,16). The predicted octanol–water partition coefficient (Wildman–Crippen LogP) is 2.40. The van der Waals surface area contributed by atoms with E-state index in [2.05, 4.69) is 5.32 Å². The molecule has 0 saturated carbocycles. The van der Waals surface area contributed by atoms with Crippen LogP contribution in [0.5, 0.6) is 5.75 Å². The van der Waals surface area contributed by atoms with Crippen molar-refractivity contribution >= 4 is 52.4 Å². The zero-order valence-corrected chi connectivity index (χ0v) is 10.3. The smallest absolute Gasteiger partial charge is 0.335 e. The molecule has 0 saturated heterocycles. The highest BCUT2D eigenvalue weighted by atomic mass is 35.6. The van der Waals surface area contributed by atoms with E-state index >= 15 is 0 Å². The van der Waals surface area contributed by atoms with Gasteiger partial charge in [-0.3, -0.25) is 4.79 Å². The number of aromatic carboxylic acids is 1. The number of aromatic hydroxyl groups is 1. The second-order valence-corrected chi connectivity index (χ2v) is 5.27. The molecule has 0 unspecified atom stereocenters. The minimum Gasteiger partial charge on any atom is -0.506 e. The van der Waals surface area contributed by atoms with Crippen LogP contribution >= 0.6 is 34.8 Å². The van der Waals surface area contributed by atoms with E-state index in [0.717, 1.165) is 6.07 Å². The summed E-state index contributed by atoms with van der Waals surface area (Å²) < 4.78 is -2.17. The van der Waals surface area contributed by atoms with Gasteiger partial charge in [0.05, 0.1) is 11.3 Å². The zero-order chi connectivity index (χ0) is 13.2. The second-order valence-electron chi connectivity index (χ2n) is 2.99. The summed E-state index contributed by atoms with van der Waals surface area (Å²) in [6.07, 6.45) is 0. The molecule has 0 aliphatic carbocycles. The van der Waals surface area contributed by atoms with Gasteiger partial charge in [-0.2, -0.15) is 0 Å². The van der Waals surface area contributed by atoms with Gasteiger partial charge in [-0.25, -0.2) is 4.79 Å². The van der Waals surface area contributed by atoms with Crippen LogP contribution in [0.2, 0.25) is 0 Å². The second kappa shape index (κ2) is 5.00. The highest BCUT2D eigenvalue weighted by Crippen LogP contribution is 2.30. The van der Waals surface area contributed by atoms with E-state index in [-0.39, 0.29) is 11.3 Å². The van der Waals surface area contributed by atoms with Crippen molar-refractivity contribution in [3.05, 3.63) is 23.8 Å². The third-order valence-electron chi connectivity index (χ3n) is 1.75. The first-order chi connectivity index (χ1) is 7.71. The monoisotopic (exact) mass is 297 g/mol. The van der Waals surface area contributed by atoms with E-state index in [1.54, 1.807) is 0 Å². The lowest BCUT2D eigenvalue weighted by Crippen LogP contribution is -2.26. The number of carbonyl (C=O) groups is 2. The fraction of sp³-hybridized carbons (Fsp3) is 0.111. The average Bonchev–Trinajstić information content (AvgIpc) is 2.19. The molecule has 1 rings (SSSR count). The van der Waals surface area contributed by atoms with E-state index in [9.17, 15) is 14.7 Å². The normalized spacial score (nSPS) is 11.0. The molecule has 8 heteroatoms. The summed E-state index contributed by atoms with van der Waals surface area (Å²) in [5, 5.41) is 20.2. The van der Waals surface area contributed by atoms with E-state index < -0.39 is 21.4 Å². The van der Waals surface area contributed by atoms with Crippen LogP contribution in [0.3, 0.4) is 0 Å². The summed E-state index contributed by atoms with van der Waals surface area (Å²) in [5.41, 5.74) is -0.180. The van der Waals surface area contributed by atoms with Gasteiger partial charge in [0.1, 0.15) is 5.75 Å². The van der Waals surface area contributed by atoms with E-state index in [1.165, 1.54) is 12.1 Å². The summed E-state index contributed by atoms with van der Waals surface area (Å²) in [7, 11) is 0. The van der Waals surface area contributed by atoms with Gasteiger partial charge in [-0.05, 0) is 18.2 Å². The molecule has 5 nitrogen and oxygen atoms in total. The highest BCUT2D eigenvalue weighted by molar-refractivity contribution is 6.76. The first kappa shape index (κ1) is 13.9. The minimum absolute atomic E-state index is 0.0497. The molecule has 0 radical (unpaired) electrons. The number of carboxylic acid groups (broad SMARTS) is 1. The van der Waals surface area contributed by atoms with Crippen LogP contribution in [-0.4, -0.2) is 25.9 Å². The van der Waals surface area contributed by atoms with Crippen molar-refractivity contribution < 1.29 is 19.8 Å². The topological polar surface area (TPSA) is 86.6 Å². The fourth-order valence-electron chi connectivity index (χ4n) is 0.964. The lowest BCUT2D eigenvalue weighted by atomic mass is 10.2. The Morgan fingerprint density at radius 1 is 1.24 bits per heavy atom. The number of phenols is 1. The van der Waals surface area contributed by atoms with Crippen molar-refractivity contribution in [2.45, 2.75) is 3.79 Å². The molecule has 92 valence electrons. The van der Waals surface area contributed by atoms with Gasteiger partial charge >= 0.3 is 5.97 Å². The Morgan fingerprint density at radius 2 is 1.82 bits per heavy atom. The average molecular weight is 299 g/mol. The number of halogens is 3. The molecule has 0 spiro atoms. The molecule has 17 heavy (non-hydrogen) atoms. The summed E-state index contributed by atoms with van der Waals surface area (Å²) >= 11 is 15.9. The number of carbonyl (C=O) groups excluding carboxylic acids is 1. The van der Waals surface area contributed by atoms with Crippen LogP contribution in [0.25, 0.3) is 0 Å². The van der Waals surface area contributed by atoms with Crippen molar-refractivity contribution in [2.75, 3.05) is 5.32 Å². The van der Waals surface area contributed by atoms with Gasteiger partial charge in [0.2, 0.25) is 0 Å². The largest absolute Gasteiger partial charge is 0.506 e. The van der Waals surface area contributed by atoms with Gasteiger partial charge in [0, 0.05) is 0 Å². The molecule has 3 N–H and O–H groups in total. The number of phenolic OH excluding ortho intramolecular Hbond substituents is 1. The zero-order valence-electron chi connectivity index (χ0n) is 8.08. The molecular formula is C9H6Cl3NO4. The molecule has 0 aliphatic heterocycles. The van der Waals surface area contributed by atoms with Crippen LogP contribution in [0.1, 0.15) is 10.4 Å². The van der Waals surface area contributed by atoms with Crippen LogP contribution in [0, 0.1) is 0 Å². The molecule has 0 atom stereocenters. The maximum atomic E-state index is 11.3. The summed E-state index contributed by atoms with van der Waals surface area (Å²) in [5.74, 6) is -2.60. The molecule has 0 aromatic heterocycles. The molecule has 0 bridgehead atoms. The van der Waals surface area contributed by atoms with E-state index in [1.807, 2.05) is 0 Å². The number of nitrogens with one attached hydrogen (secondary N) is 1. The fourth-order valence-corrected chi connectivity index (χ4v) is 1.11. The van der Waals surface area contributed by atoms with Crippen molar-refractivity contribution in [1.29, 1.82) is 0 Å². The Morgan fingerprint density at radius 3 is 2.24 bits per heavy atom. The van der Waals surface area contributed by atoms with Crippen LogP contribution in [-0.2, 0) is 4.79 Å². The van der Waals surface area contributed by atoms with Gasteiger partial charge in [-0.15, -0.1) is 0 Å². The summed E-state index contributed by atoms with van der Waals surface area (Å²) in [6.45, 7) is 0. The molecular weight excluding hydrogens is 292 g/mol. The molecule has 1 aromatic rings. The Kier molecular flexibility index (Phi) is 4.08. The van der Waals surface area contributed by atoms with Crippen molar-refractivity contribution in [1.82, 2.24) is 0 Å². The number of benzene rings is 1. The predicted molar refractivity (Wildman–Crippen MR) is 64.0 cm³/mol. The Balaban J connectivity index is 2.95. The Labute approximate surface area is 111 Å².